The van der Waals surface area contributed by atoms with Gasteiger partial charge in [-0.05, 0) is 24.7 Å². The maximum atomic E-state index is 3.74. The summed E-state index contributed by atoms with van der Waals surface area (Å²) in [6, 6.07) is 0. The zero-order valence-corrected chi connectivity index (χ0v) is 6.09. The average Bonchev–Trinajstić information content (AvgIpc) is 2.48. The SMILES string of the molecule is C=CCC1=CC2C=CC1C2. The van der Waals surface area contributed by atoms with Crippen LogP contribution in [-0.2, 0) is 0 Å². The van der Waals surface area contributed by atoms with Gasteiger partial charge in [0, 0.05) is 0 Å². The van der Waals surface area contributed by atoms with Crippen LogP contribution in [0.15, 0.2) is 36.5 Å². The highest BCUT2D eigenvalue weighted by Crippen LogP contribution is 2.39. The van der Waals surface area contributed by atoms with Crippen molar-refractivity contribution in [1.82, 2.24) is 0 Å². The van der Waals surface area contributed by atoms with E-state index in [1.54, 1.807) is 5.57 Å². The Hall–Kier alpha value is -0.780. The summed E-state index contributed by atoms with van der Waals surface area (Å²) in [5.74, 6) is 1.53. The highest BCUT2D eigenvalue weighted by atomic mass is 14.3. The molecule has 0 fully saturated rings. The third-order valence-electron chi connectivity index (χ3n) is 2.40. The number of rotatable bonds is 2. The summed E-state index contributed by atoms with van der Waals surface area (Å²) in [7, 11) is 0. The Morgan fingerprint density at radius 3 is 3.00 bits per heavy atom. The molecule has 0 aromatic carbocycles. The van der Waals surface area contributed by atoms with Crippen LogP contribution < -0.4 is 0 Å². The van der Waals surface area contributed by atoms with Crippen LogP contribution in [0.3, 0.4) is 0 Å². The summed E-state index contributed by atoms with van der Waals surface area (Å²) in [6.07, 6.45) is 11.5. The Kier molecular flexibility index (Phi) is 1.26. The van der Waals surface area contributed by atoms with E-state index in [-0.39, 0.29) is 0 Å². The zero-order valence-electron chi connectivity index (χ0n) is 6.09. The minimum absolute atomic E-state index is 0.764. The molecule has 0 heteroatoms. The first kappa shape index (κ1) is 5.96. The molecule has 0 aromatic rings. The molecule has 0 aromatic heterocycles. The van der Waals surface area contributed by atoms with Crippen LogP contribution in [0, 0.1) is 11.8 Å². The van der Waals surface area contributed by atoms with E-state index in [0.29, 0.717) is 0 Å². The molecule has 0 heterocycles. The minimum atomic E-state index is 0.764. The topological polar surface area (TPSA) is 0 Å². The lowest BCUT2D eigenvalue weighted by Crippen LogP contribution is -1.90. The maximum absolute atomic E-state index is 3.74. The second kappa shape index (κ2) is 2.12. The fraction of sp³-hybridized carbons (Fsp3) is 0.400. The van der Waals surface area contributed by atoms with Gasteiger partial charge >= 0.3 is 0 Å². The van der Waals surface area contributed by atoms with Crippen molar-refractivity contribution in [3.8, 4) is 0 Å². The summed E-state index contributed by atoms with van der Waals surface area (Å²) in [4.78, 5) is 0. The lowest BCUT2D eigenvalue weighted by Gasteiger charge is -2.05. The van der Waals surface area contributed by atoms with E-state index in [1.165, 1.54) is 6.42 Å². The van der Waals surface area contributed by atoms with E-state index in [9.17, 15) is 0 Å². The molecular weight excluding hydrogens is 120 g/mol. The first-order chi connectivity index (χ1) is 4.90. The molecule has 10 heavy (non-hydrogen) atoms. The van der Waals surface area contributed by atoms with Crippen LogP contribution in [-0.4, -0.2) is 0 Å². The molecule has 0 saturated carbocycles. The molecule has 0 amide bonds. The van der Waals surface area contributed by atoms with Crippen molar-refractivity contribution < 1.29 is 0 Å². The van der Waals surface area contributed by atoms with Gasteiger partial charge in [0.05, 0.1) is 0 Å². The zero-order chi connectivity index (χ0) is 6.97. The number of hydrogen-bond acceptors (Lipinski definition) is 0. The standard InChI is InChI=1S/C10H12/c1-2-3-9-6-8-4-5-10(9)7-8/h2,4-6,8,10H,1,3,7H2. The smallest absolute Gasteiger partial charge is 0.00112 e. The van der Waals surface area contributed by atoms with Gasteiger partial charge in [-0.25, -0.2) is 0 Å². The Labute approximate surface area is 61.9 Å². The van der Waals surface area contributed by atoms with Crippen LogP contribution in [0.5, 0.6) is 0 Å². The molecule has 0 N–H and O–H groups in total. The normalized spacial score (nSPS) is 34.6. The molecule has 52 valence electrons. The summed E-state index contributed by atoms with van der Waals surface area (Å²) in [5.41, 5.74) is 1.59. The molecule has 2 atom stereocenters. The van der Waals surface area contributed by atoms with Crippen LogP contribution in [0.1, 0.15) is 12.8 Å². The van der Waals surface area contributed by atoms with Crippen molar-refractivity contribution >= 4 is 0 Å². The fourth-order valence-electron chi connectivity index (χ4n) is 1.91. The number of fused-ring (bicyclic) bond motifs is 2. The van der Waals surface area contributed by atoms with Crippen molar-refractivity contribution in [2.45, 2.75) is 12.8 Å². The van der Waals surface area contributed by atoms with Gasteiger partial charge in [0.15, 0.2) is 0 Å². The average molecular weight is 132 g/mol. The summed E-state index contributed by atoms with van der Waals surface area (Å²) < 4.78 is 0. The molecule has 2 bridgehead atoms. The molecule has 0 saturated heterocycles. The summed E-state index contributed by atoms with van der Waals surface area (Å²) in [6.45, 7) is 3.74. The van der Waals surface area contributed by atoms with Gasteiger partial charge in [-0.15, -0.1) is 6.58 Å². The Morgan fingerprint density at radius 1 is 1.60 bits per heavy atom. The van der Waals surface area contributed by atoms with Crippen molar-refractivity contribution in [3.63, 3.8) is 0 Å². The predicted molar refractivity (Wildman–Crippen MR) is 43.6 cm³/mol. The summed E-state index contributed by atoms with van der Waals surface area (Å²) in [5, 5.41) is 0. The van der Waals surface area contributed by atoms with E-state index in [0.717, 1.165) is 18.3 Å². The second-order valence-electron chi connectivity index (χ2n) is 3.13. The summed E-state index contributed by atoms with van der Waals surface area (Å²) >= 11 is 0. The van der Waals surface area contributed by atoms with Gasteiger partial charge in [-0.1, -0.05) is 29.9 Å². The molecule has 0 nitrogen and oxygen atoms in total. The van der Waals surface area contributed by atoms with Gasteiger partial charge in [0.2, 0.25) is 0 Å². The van der Waals surface area contributed by atoms with Crippen LogP contribution in [0.2, 0.25) is 0 Å². The van der Waals surface area contributed by atoms with Crippen LogP contribution in [0.25, 0.3) is 0 Å². The Balaban J connectivity index is 2.13. The molecule has 2 aliphatic carbocycles. The first-order valence-electron chi connectivity index (χ1n) is 3.90. The van der Waals surface area contributed by atoms with Crippen molar-refractivity contribution in [2.75, 3.05) is 0 Å². The third-order valence-corrected chi connectivity index (χ3v) is 2.40. The predicted octanol–water partition coefficient (Wildman–Crippen LogP) is 2.69. The van der Waals surface area contributed by atoms with Crippen LogP contribution >= 0.6 is 0 Å². The molecule has 2 aliphatic rings. The van der Waals surface area contributed by atoms with E-state index in [2.05, 4.69) is 24.8 Å². The van der Waals surface area contributed by atoms with Crippen molar-refractivity contribution in [3.05, 3.63) is 36.5 Å². The van der Waals surface area contributed by atoms with Crippen molar-refractivity contribution in [2.24, 2.45) is 11.8 Å². The number of allylic oxidation sites excluding steroid dienone is 5. The molecule has 0 radical (unpaired) electrons. The minimum Gasteiger partial charge on any atom is -0.103 e. The Bertz CT molecular complexity index is 208. The lowest BCUT2D eigenvalue weighted by molar-refractivity contribution is 0.707. The van der Waals surface area contributed by atoms with Crippen molar-refractivity contribution in [1.29, 1.82) is 0 Å². The molecule has 0 aliphatic heterocycles. The maximum Gasteiger partial charge on any atom is -0.00112 e. The third kappa shape index (κ3) is 0.756. The molecule has 0 spiro atoms. The second-order valence-corrected chi connectivity index (χ2v) is 3.13. The number of hydrogen-bond donors (Lipinski definition) is 0. The molecule has 2 rings (SSSR count). The largest absolute Gasteiger partial charge is 0.103 e. The van der Waals surface area contributed by atoms with E-state index < -0.39 is 0 Å². The van der Waals surface area contributed by atoms with E-state index >= 15 is 0 Å². The molecular formula is C10H12. The Morgan fingerprint density at radius 2 is 2.50 bits per heavy atom. The fourth-order valence-corrected chi connectivity index (χ4v) is 1.91. The quantitative estimate of drug-likeness (QED) is 0.507. The van der Waals surface area contributed by atoms with Gasteiger partial charge in [0.1, 0.15) is 0 Å². The van der Waals surface area contributed by atoms with Gasteiger partial charge in [-0.2, -0.15) is 0 Å². The van der Waals surface area contributed by atoms with E-state index in [4.69, 9.17) is 0 Å². The van der Waals surface area contributed by atoms with Gasteiger partial charge in [0.25, 0.3) is 0 Å². The monoisotopic (exact) mass is 132 g/mol. The van der Waals surface area contributed by atoms with Gasteiger partial charge < -0.3 is 0 Å². The lowest BCUT2D eigenvalue weighted by atomic mass is 10.0. The van der Waals surface area contributed by atoms with E-state index in [1.807, 2.05) is 6.08 Å². The first-order valence-corrected chi connectivity index (χ1v) is 3.90. The van der Waals surface area contributed by atoms with Gasteiger partial charge in [-0.3, -0.25) is 0 Å². The molecule has 2 unspecified atom stereocenters. The van der Waals surface area contributed by atoms with Crippen LogP contribution in [0.4, 0.5) is 0 Å². The highest BCUT2D eigenvalue weighted by Gasteiger charge is 2.26. The highest BCUT2D eigenvalue weighted by molar-refractivity contribution is 5.31.